The van der Waals surface area contributed by atoms with Crippen LogP contribution in [0.5, 0.6) is 0 Å². The van der Waals surface area contributed by atoms with E-state index in [1.54, 1.807) is 11.4 Å². The van der Waals surface area contributed by atoms with Gasteiger partial charge in [0.05, 0.1) is 5.39 Å². The molecule has 5 rings (SSSR count). The second-order valence-electron chi connectivity index (χ2n) is 9.43. The van der Waals surface area contributed by atoms with Crippen LogP contribution in [0.1, 0.15) is 33.6 Å². The van der Waals surface area contributed by atoms with Gasteiger partial charge in [-0.1, -0.05) is 13.8 Å². The van der Waals surface area contributed by atoms with Crippen molar-refractivity contribution in [2.24, 2.45) is 15.9 Å². The standard InChI is InChI=1S/C20H30N10O/c1-5-30-26-17(25-27-30)24-18(31)29-10-19(2)8-13(9-20(19,3)11-29)28(4)16-14-6-7-21-15(14)22-12-23-16/h6-7,12-13,27H,5,8-11H2,1-4H3,(H,21,22,23)(H2,24,25,26,31)/t13?,19-,20+. The van der Waals surface area contributed by atoms with Crippen LogP contribution in [0.25, 0.3) is 11.0 Å². The molecule has 1 unspecified atom stereocenters. The van der Waals surface area contributed by atoms with Crippen LogP contribution in [-0.4, -0.2) is 69.7 Å². The first-order chi connectivity index (χ1) is 14.8. The summed E-state index contributed by atoms with van der Waals surface area (Å²) in [7, 11) is 2.12. The molecule has 0 spiro atoms. The lowest BCUT2D eigenvalue weighted by atomic mass is 9.71. The molecule has 2 aliphatic heterocycles. The molecule has 1 aliphatic carbocycles. The number of aromatic nitrogens is 3. The average Bonchev–Trinajstić information content (AvgIpc) is 3.48. The molecule has 1 saturated heterocycles. The fourth-order valence-electron chi connectivity index (χ4n) is 5.42. The van der Waals surface area contributed by atoms with Crippen LogP contribution in [0.15, 0.2) is 23.7 Å². The zero-order valence-corrected chi connectivity index (χ0v) is 18.4. The first kappa shape index (κ1) is 19.9. The molecule has 0 radical (unpaired) electrons. The van der Waals surface area contributed by atoms with Gasteiger partial charge >= 0.3 is 6.03 Å². The van der Waals surface area contributed by atoms with Gasteiger partial charge in [0, 0.05) is 38.9 Å². The van der Waals surface area contributed by atoms with E-state index in [-0.39, 0.29) is 16.9 Å². The van der Waals surface area contributed by atoms with Crippen molar-refractivity contribution in [2.45, 2.75) is 39.7 Å². The van der Waals surface area contributed by atoms with Crippen LogP contribution in [0.3, 0.4) is 0 Å². The van der Waals surface area contributed by atoms with Crippen LogP contribution in [0, 0.1) is 10.8 Å². The Morgan fingerprint density at radius 3 is 2.71 bits per heavy atom. The largest absolute Gasteiger partial charge is 0.356 e. The molecule has 2 fully saturated rings. The molecule has 2 aromatic heterocycles. The average molecular weight is 427 g/mol. The number of likely N-dealkylation sites (tertiary alicyclic amines) is 1. The Balaban J connectivity index is 1.28. The van der Waals surface area contributed by atoms with Crippen LogP contribution >= 0.6 is 0 Å². The molecule has 2 amide bonds. The Labute approximate surface area is 181 Å². The zero-order chi connectivity index (χ0) is 21.8. The number of guanidine groups is 1. The highest BCUT2D eigenvalue weighted by atomic mass is 16.2. The number of hydrogen-bond acceptors (Lipinski definition) is 8. The van der Waals surface area contributed by atoms with E-state index in [0.717, 1.165) is 49.3 Å². The Kier molecular flexibility index (Phi) is 4.47. The van der Waals surface area contributed by atoms with E-state index in [1.165, 1.54) is 0 Å². The summed E-state index contributed by atoms with van der Waals surface area (Å²) in [6.45, 7) is 8.78. The molecule has 166 valence electrons. The first-order valence-electron chi connectivity index (χ1n) is 10.8. The van der Waals surface area contributed by atoms with Gasteiger partial charge in [0.25, 0.3) is 0 Å². The van der Waals surface area contributed by atoms with E-state index >= 15 is 0 Å². The summed E-state index contributed by atoms with van der Waals surface area (Å²) in [5, 5.41) is 9.71. The summed E-state index contributed by atoms with van der Waals surface area (Å²) in [6.07, 6.45) is 5.52. The van der Waals surface area contributed by atoms with Crippen molar-refractivity contribution in [3.05, 3.63) is 18.6 Å². The number of aromatic amines is 1. The molecule has 31 heavy (non-hydrogen) atoms. The van der Waals surface area contributed by atoms with Crippen molar-refractivity contribution in [1.29, 1.82) is 0 Å². The lowest BCUT2D eigenvalue weighted by Gasteiger charge is -2.31. The molecule has 0 aromatic carbocycles. The number of nitrogens with one attached hydrogen (secondary N) is 4. The summed E-state index contributed by atoms with van der Waals surface area (Å²) < 4.78 is 0. The minimum atomic E-state index is -0.113. The second kappa shape index (κ2) is 6.98. The predicted octanol–water partition coefficient (Wildman–Crippen LogP) is 1.21. The summed E-state index contributed by atoms with van der Waals surface area (Å²) in [6, 6.07) is 2.27. The maximum Gasteiger partial charge on any atom is 0.324 e. The van der Waals surface area contributed by atoms with Crippen molar-refractivity contribution in [3.8, 4) is 0 Å². The Morgan fingerprint density at radius 2 is 2.03 bits per heavy atom. The van der Waals surface area contributed by atoms with Gasteiger partial charge in [-0.2, -0.15) is 0 Å². The van der Waals surface area contributed by atoms with Crippen LogP contribution < -0.4 is 21.2 Å². The SMILES string of the molecule is CCN1NN=C(NC(=O)N2C[C@]3(C)CC(N(C)c4ncnc5[nH]ccc45)C[C@]3(C)C2)N1. The van der Waals surface area contributed by atoms with E-state index in [1.807, 2.05) is 24.1 Å². The number of urea groups is 1. The van der Waals surface area contributed by atoms with Crippen molar-refractivity contribution >= 4 is 28.8 Å². The number of H-pyrrole nitrogens is 1. The number of carbonyl (C=O) groups is 1. The van der Waals surface area contributed by atoms with Gasteiger partial charge in [0.2, 0.25) is 5.96 Å². The third kappa shape index (κ3) is 3.14. The smallest absolute Gasteiger partial charge is 0.324 e. The van der Waals surface area contributed by atoms with Crippen molar-refractivity contribution in [2.75, 3.05) is 31.6 Å². The van der Waals surface area contributed by atoms with Gasteiger partial charge in [0.15, 0.2) is 0 Å². The van der Waals surface area contributed by atoms with E-state index < -0.39 is 0 Å². The van der Waals surface area contributed by atoms with E-state index in [4.69, 9.17) is 0 Å². The Hall–Kier alpha value is -3.08. The summed E-state index contributed by atoms with van der Waals surface area (Å²) in [5.74, 6) is 1.38. The highest BCUT2D eigenvalue weighted by Gasteiger charge is 2.59. The number of carbonyl (C=O) groups excluding carboxylic acids is 1. The second-order valence-corrected chi connectivity index (χ2v) is 9.43. The van der Waals surface area contributed by atoms with Gasteiger partial charge in [-0.15, -0.1) is 10.2 Å². The fourth-order valence-corrected chi connectivity index (χ4v) is 5.42. The molecule has 2 aromatic rings. The number of hydrazine groups is 2. The Bertz CT molecular complexity index is 1020. The molecular weight excluding hydrogens is 396 g/mol. The molecule has 0 bridgehead atoms. The molecule has 3 atom stereocenters. The lowest BCUT2D eigenvalue weighted by Crippen LogP contribution is -2.50. The zero-order valence-electron chi connectivity index (χ0n) is 18.4. The van der Waals surface area contributed by atoms with Gasteiger partial charge in [-0.25, -0.2) is 20.3 Å². The van der Waals surface area contributed by atoms with Gasteiger partial charge in [-0.3, -0.25) is 10.7 Å². The molecular formula is C20H30N10O. The lowest BCUT2D eigenvalue weighted by molar-refractivity contribution is 0.184. The molecule has 4 heterocycles. The molecule has 3 aliphatic rings. The predicted molar refractivity (Wildman–Crippen MR) is 118 cm³/mol. The minimum Gasteiger partial charge on any atom is -0.356 e. The molecule has 4 N–H and O–H groups in total. The van der Waals surface area contributed by atoms with Crippen LogP contribution in [-0.2, 0) is 0 Å². The van der Waals surface area contributed by atoms with Gasteiger partial charge in [0.1, 0.15) is 17.8 Å². The van der Waals surface area contributed by atoms with Crippen LogP contribution in [0.2, 0.25) is 0 Å². The number of hydrogen-bond donors (Lipinski definition) is 4. The van der Waals surface area contributed by atoms with Gasteiger partial charge in [-0.05, 0) is 36.7 Å². The quantitative estimate of drug-likeness (QED) is 0.583. The molecule has 1 saturated carbocycles. The highest BCUT2D eigenvalue weighted by Crippen LogP contribution is 2.58. The number of nitrogens with zero attached hydrogens (tertiary/aromatic N) is 6. The fraction of sp³-hybridized carbons (Fsp3) is 0.600. The highest BCUT2D eigenvalue weighted by molar-refractivity contribution is 5.96. The summed E-state index contributed by atoms with van der Waals surface area (Å²) in [4.78, 5) is 29.1. The molecule has 11 heteroatoms. The number of anilines is 1. The third-order valence-corrected chi connectivity index (χ3v) is 7.48. The normalized spacial score (nSPS) is 30.1. The van der Waals surface area contributed by atoms with E-state index in [0.29, 0.717) is 12.0 Å². The van der Waals surface area contributed by atoms with E-state index in [2.05, 4.69) is 62.1 Å². The minimum absolute atomic E-state index is 0.0339. The van der Waals surface area contributed by atoms with Crippen molar-refractivity contribution in [3.63, 3.8) is 0 Å². The van der Waals surface area contributed by atoms with Crippen molar-refractivity contribution in [1.82, 2.24) is 41.2 Å². The van der Waals surface area contributed by atoms with Crippen molar-refractivity contribution < 1.29 is 4.79 Å². The number of hydrazone groups is 1. The van der Waals surface area contributed by atoms with E-state index in [9.17, 15) is 4.79 Å². The first-order valence-corrected chi connectivity index (χ1v) is 10.8. The topological polar surface area (TPSA) is 117 Å². The van der Waals surface area contributed by atoms with Gasteiger partial charge < -0.3 is 14.8 Å². The Morgan fingerprint density at radius 1 is 1.29 bits per heavy atom. The third-order valence-electron chi connectivity index (χ3n) is 7.48. The van der Waals surface area contributed by atoms with Crippen LogP contribution in [0.4, 0.5) is 10.6 Å². The number of rotatable bonds is 3. The maximum atomic E-state index is 12.9. The molecule has 11 nitrogen and oxygen atoms in total. The summed E-state index contributed by atoms with van der Waals surface area (Å²) >= 11 is 0. The maximum absolute atomic E-state index is 12.9. The monoisotopic (exact) mass is 426 g/mol. The number of amides is 2. The number of fused-ring (bicyclic) bond motifs is 2. The summed E-state index contributed by atoms with van der Waals surface area (Å²) in [5.41, 5.74) is 6.74.